The summed E-state index contributed by atoms with van der Waals surface area (Å²) < 4.78 is 6.32. The Morgan fingerprint density at radius 2 is 1.80 bits per heavy atom. The summed E-state index contributed by atoms with van der Waals surface area (Å²) >= 11 is 3.51. The number of rotatable bonds is 2. The van der Waals surface area contributed by atoms with Gasteiger partial charge < -0.3 is 15.8 Å². The molecule has 0 spiro atoms. The molecule has 0 atom stereocenters. The monoisotopic (exact) mass is 362 g/mol. The zero-order valence-corrected chi connectivity index (χ0v) is 14.1. The quantitative estimate of drug-likeness (QED) is 0.849. The standard InChI is InChI=1S/C14H19BrN2O2.ClH/c1-9-7-11(8-10(2)12(9)15)17-13(18)14(16)3-5-19-6-4-14;/h7-8H,3-6,16H2,1-2H3,(H,17,18);1H. The normalized spacial score (nSPS) is 17.2. The van der Waals surface area contributed by atoms with Crippen molar-refractivity contribution in [2.45, 2.75) is 32.2 Å². The van der Waals surface area contributed by atoms with Crippen LogP contribution in [0.2, 0.25) is 0 Å². The fraction of sp³-hybridized carbons (Fsp3) is 0.500. The number of amides is 1. The number of carbonyl (C=O) groups is 1. The molecule has 1 aliphatic rings. The van der Waals surface area contributed by atoms with Crippen LogP contribution in [-0.2, 0) is 9.53 Å². The summed E-state index contributed by atoms with van der Waals surface area (Å²) in [5, 5.41) is 2.92. The lowest BCUT2D eigenvalue weighted by Crippen LogP contribution is -2.54. The maximum absolute atomic E-state index is 12.3. The highest BCUT2D eigenvalue weighted by Crippen LogP contribution is 2.26. The van der Waals surface area contributed by atoms with E-state index in [9.17, 15) is 4.79 Å². The van der Waals surface area contributed by atoms with Crippen molar-refractivity contribution < 1.29 is 9.53 Å². The van der Waals surface area contributed by atoms with Gasteiger partial charge in [-0.15, -0.1) is 12.4 Å². The van der Waals surface area contributed by atoms with Crippen molar-refractivity contribution in [3.05, 3.63) is 27.7 Å². The number of benzene rings is 1. The van der Waals surface area contributed by atoms with Crippen LogP contribution in [0.1, 0.15) is 24.0 Å². The molecule has 4 nitrogen and oxygen atoms in total. The van der Waals surface area contributed by atoms with E-state index in [4.69, 9.17) is 10.5 Å². The highest BCUT2D eigenvalue weighted by Gasteiger charge is 2.35. The second-order valence-corrected chi connectivity index (χ2v) is 5.94. The molecule has 1 saturated heterocycles. The molecule has 112 valence electrons. The van der Waals surface area contributed by atoms with Crippen molar-refractivity contribution in [2.24, 2.45) is 5.73 Å². The number of aryl methyl sites for hydroxylation is 2. The van der Waals surface area contributed by atoms with Gasteiger partial charge in [-0.25, -0.2) is 0 Å². The first kappa shape index (κ1) is 17.4. The van der Waals surface area contributed by atoms with Crippen molar-refractivity contribution in [1.82, 2.24) is 0 Å². The molecule has 20 heavy (non-hydrogen) atoms. The molecule has 3 N–H and O–H groups in total. The summed E-state index contributed by atoms with van der Waals surface area (Å²) in [6.45, 7) is 5.09. The number of carbonyl (C=O) groups excluding carboxylic acids is 1. The fourth-order valence-electron chi connectivity index (χ4n) is 2.24. The van der Waals surface area contributed by atoms with Gasteiger partial charge in [-0.05, 0) is 49.9 Å². The summed E-state index contributed by atoms with van der Waals surface area (Å²) in [5.74, 6) is -0.128. The van der Waals surface area contributed by atoms with Gasteiger partial charge in [0.25, 0.3) is 0 Å². The number of hydrogen-bond donors (Lipinski definition) is 2. The number of halogens is 2. The molecular weight excluding hydrogens is 344 g/mol. The lowest BCUT2D eigenvalue weighted by Gasteiger charge is -2.31. The van der Waals surface area contributed by atoms with Gasteiger partial charge in [0.2, 0.25) is 5.91 Å². The topological polar surface area (TPSA) is 64.4 Å². The van der Waals surface area contributed by atoms with Crippen molar-refractivity contribution in [3.8, 4) is 0 Å². The third-order valence-electron chi connectivity index (χ3n) is 3.53. The van der Waals surface area contributed by atoms with Crippen LogP contribution in [0.15, 0.2) is 16.6 Å². The Labute approximate surface area is 134 Å². The predicted molar refractivity (Wildman–Crippen MR) is 86.5 cm³/mol. The minimum absolute atomic E-state index is 0. The molecule has 0 aliphatic carbocycles. The molecule has 0 saturated carbocycles. The molecule has 0 bridgehead atoms. The van der Waals surface area contributed by atoms with E-state index in [-0.39, 0.29) is 18.3 Å². The Bertz CT molecular complexity index is 479. The van der Waals surface area contributed by atoms with Crippen LogP contribution in [0.25, 0.3) is 0 Å². The molecule has 1 aliphatic heterocycles. The van der Waals surface area contributed by atoms with E-state index < -0.39 is 5.54 Å². The number of anilines is 1. The van der Waals surface area contributed by atoms with Gasteiger partial charge >= 0.3 is 0 Å². The van der Waals surface area contributed by atoms with Crippen molar-refractivity contribution >= 4 is 39.9 Å². The van der Waals surface area contributed by atoms with Crippen LogP contribution in [-0.4, -0.2) is 24.7 Å². The van der Waals surface area contributed by atoms with Crippen molar-refractivity contribution in [2.75, 3.05) is 18.5 Å². The first-order valence-electron chi connectivity index (χ1n) is 6.37. The smallest absolute Gasteiger partial charge is 0.244 e. The second kappa shape index (κ2) is 6.89. The van der Waals surface area contributed by atoms with Crippen molar-refractivity contribution in [3.63, 3.8) is 0 Å². The largest absolute Gasteiger partial charge is 0.381 e. The summed E-state index contributed by atoms with van der Waals surface area (Å²) in [6, 6.07) is 3.88. The molecule has 1 amide bonds. The molecule has 2 rings (SSSR count). The maximum atomic E-state index is 12.3. The van der Waals surface area contributed by atoms with Crippen LogP contribution >= 0.6 is 28.3 Å². The molecule has 0 aromatic heterocycles. The molecule has 0 unspecified atom stereocenters. The zero-order valence-electron chi connectivity index (χ0n) is 11.7. The summed E-state index contributed by atoms with van der Waals surface area (Å²) in [4.78, 5) is 12.3. The van der Waals surface area contributed by atoms with Gasteiger partial charge in [0.15, 0.2) is 0 Å². The molecule has 1 aromatic rings. The molecular formula is C14H20BrClN2O2. The predicted octanol–water partition coefficient (Wildman–Crippen LogP) is 2.93. The Morgan fingerprint density at radius 3 is 2.30 bits per heavy atom. The third-order valence-corrected chi connectivity index (χ3v) is 4.78. The molecule has 1 fully saturated rings. The molecule has 1 heterocycles. The van der Waals surface area contributed by atoms with Crippen LogP contribution in [0.3, 0.4) is 0 Å². The first-order valence-corrected chi connectivity index (χ1v) is 7.16. The zero-order chi connectivity index (χ0) is 14.0. The number of hydrogen-bond acceptors (Lipinski definition) is 3. The first-order chi connectivity index (χ1) is 8.92. The van der Waals surface area contributed by atoms with E-state index in [0.717, 1.165) is 21.3 Å². The Morgan fingerprint density at radius 1 is 1.30 bits per heavy atom. The summed E-state index contributed by atoms with van der Waals surface area (Å²) in [7, 11) is 0. The second-order valence-electron chi connectivity index (χ2n) is 5.15. The van der Waals surface area contributed by atoms with E-state index in [1.807, 2.05) is 26.0 Å². The maximum Gasteiger partial charge on any atom is 0.244 e. The Balaban J connectivity index is 0.00000200. The van der Waals surface area contributed by atoms with Crippen LogP contribution < -0.4 is 11.1 Å². The van der Waals surface area contributed by atoms with Crippen molar-refractivity contribution in [1.29, 1.82) is 0 Å². The highest BCUT2D eigenvalue weighted by atomic mass is 79.9. The summed E-state index contributed by atoms with van der Waals surface area (Å²) in [6.07, 6.45) is 1.13. The lowest BCUT2D eigenvalue weighted by atomic mass is 9.90. The Kier molecular flexibility index (Phi) is 6.01. The average molecular weight is 364 g/mol. The fourth-order valence-corrected chi connectivity index (χ4v) is 2.47. The molecule has 1 aromatic carbocycles. The van der Waals surface area contributed by atoms with Gasteiger partial charge in [0, 0.05) is 23.4 Å². The van der Waals surface area contributed by atoms with E-state index >= 15 is 0 Å². The van der Waals surface area contributed by atoms with Gasteiger partial charge in [0.05, 0.1) is 0 Å². The van der Waals surface area contributed by atoms with E-state index in [1.54, 1.807) is 0 Å². The van der Waals surface area contributed by atoms with Crippen LogP contribution in [0.4, 0.5) is 5.69 Å². The minimum atomic E-state index is -0.812. The average Bonchev–Trinajstić information content (AvgIpc) is 2.36. The third kappa shape index (κ3) is 3.73. The number of nitrogens with one attached hydrogen (secondary N) is 1. The van der Waals surface area contributed by atoms with E-state index in [1.165, 1.54) is 0 Å². The Hall–Kier alpha value is -0.620. The minimum Gasteiger partial charge on any atom is -0.381 e. The number of ether oxygens (including phenoxy) is 1. The van der Waals surface area contributed by atoms with Gasteiger partial charge in [-0.1, -0.05) is 15.9 Å². The van der Waals surface area contributed by atoms with E-state index in [0.29, 0.717) is 26.1 Å². The molecule has 0 radical (unpaired) electrons. The van der Waals surface area contributed by atoms with Crippen LogP contribution in [0.5, 0.6) is 0 Å². The number of nitrogens with two attached hydrogens (primary N) is 1. The SMILES string of the molecule is Cc1cc(NC(=O)C2(N)CCOCC2)cc(C)c1Br.Cl. The highest BCUT2D eigenvalue weighted by molar-refractivity contribution is 9.10. The van der Waals surface area contributed by atoms with Gasteiger partial charge in [0.1, 0.15) is 5.54 Å². The van der Waals surface area contributed by atoms with E-state index in [2.05, 4.69) is 21.2 Å². The van der Waals surface area contributed by atoms with Gasteiger partial charge in [-0.3, -0.25) is 4.79 Å². The lowest BCUT2D eigenvalue weighted by molar-refractivity contribution is -0.124. The molecule has 6 heteroatoms. The van der Waals surface area contributed by atoms with Crippen LogP contribution in [0, 0.1) is 13.8 Å². The summed E-state index contributed by atoms with van der Waals surface area (Å²) in [5.41, 5.74) is 8.32. The van der Waals surface area contributed by atoms with Gasteiger partial charge in [-0.2, -0.15) is 0 Å².